The molecule has 0 fully saturated rings. The van der Waals surface area contributed by atoms with Gasteiger partial charge in [0.05, 0.1) is 17.5 Å². The molecule has 1 rings (SSSR count). The van der Waals surface area contributed by atoms with Gasteiger partial charge in [-0.2, -0.15) is 13.2 Å². The van der Waals surface area contributed by atoms with Crippen LogP contribution >= 0.6 is 0 Å². The number of nitrogens with zero attached hydrogens (tertiary/aromatic N) is 1. The maximum Gasteiger partial charge on any atom is 0.416 e. The van der Waals surface area contributed by atoms with Crippen LogP contribution in [0.2, 0.25) is 0 Å². The van der Waals surface area contributed by atoms with Gasteiger partial charge in [0.25, 0.3) is 0 Å². The van der Waals surface area contributed by atoms with Gasteiger partial charge >= 0.3 is 12.1 Å². The fraction of sp³-hybridized carbons (Fsp3) is 0.364. The van der Waals surface area contributed by atoms with Gasteiger partial charge < -0.3 is 5.11 Å². The van der Waals surface area contributed by atoms with Gasteiger partial charge in [0, 0.05) is 0 Å². The third-order valence-electron chi connectivity index (χ3n) is 2.49. The Morgan fingerprint density at radius 3 is 2.30 bits per heavy atom. The molecule has 0 saturated heterocycles. The fourth-order valence-corrected chi connectivity index (χ4v) is 2.78. The molecule has 0 aliphatic carbocycles. The van der Waals surface area contributed by atoms with Gasteiger partial charge in [-0.15, -0.1) is 0 Å². The van der Waals surface area contributed by atoms with Crippen molar-refractivity contribution in [3.8, 4) is 0 Å². The number of halogens is 3. The molecular weight excluding hydrogens is 299 g/mol. The fourth-order valence-electron chi connectivity index (χ4n) is 1.62. The number of carboxylic acid groups (broad SMARTS) is 1. The molecule has 0 aliphatic rings. The minimum absolute atomic E-state index is 0.350. The van der Waals surface area contributed by atoms with Crippen LogP contribution in [0.4, 0.5) is 18.9 Å². The number of anilines is 1. The smallest absolute Gasteiger partial charge is 0.416 e. The molecule has 1 unspecified atom stereocenters. The number of sulfonamides is 1. The Labute approximate surface area is 113 Å². The zero-order chi connectivity index (χ0) is 15.7. The highest BCUT2D eigenvalue weighted by Gasteiger charge is 2.33. The van der Waals surface area contributed by atoms with Crippen LogP contribution in [0.5, 0.6) is 0 Å². The van der Waals surface area contributed by atoms with E-state index in [1.54, 1.807) is 0 Å². The lowest BCUT2D eigenvalue weighted by molar-refractivity contribution is -0.138. The Balaban J connectivity index is 3.40. The largest absolute Gasteiger partial charge is 0.480 e. The summed E-state index contributed by atoms with van der Waals surface area (Å²) in [6.07, 6.45) is -3.92. The van der Waals surface area contributed by atoms with Crippen LogP contribution in [0.3, 0.4) is 0 Å². The first-order valence-electron chi connectivity index (χ1n) is 5.34. The number of aliphatic carboxylic acids is 1. The van der Waals surface area contributed by atoms with E-state index in [2.05, 4.69) is 0 Å². The second kappa shape index (κ2) is 5.31. The molecule has 0 aliphatic heterocycles. The number of alkyl halides is 3. The van der Waals surface area contributed by atoms with E-state index < -0.39 is 33.8 Å². The van der Waals surface area contributed by atoms with Gasteiger partial charge in [-0.05, 0) is 25.1 Å². The van der Waals surface area contributed by atoms with Gasteiger partial charge in [-0.25, -0.2) is 13.2 Å². The van der Waals surface area contributed by atoms with Crippen LogP contribution in [-0.4, -0.2) is 31.8 Å². The molecule has 1 N–H and O–H groups in total. The third-order valence-corrected chi connectivity index (χ3v) is 3.74. The van der Waals surface area contributed by atoms with Crippen LogP contribution in [0.1, 0.15) is 12.5 Å². The molecule has 0 radical (unpaired) electrons. The summed E-state index contributed by atoms with van der Waals surface area (Å²) in [4.78, 5) is 10.9. The molecule has 9 heteroatoms. The van der Waals surface area contributed by atoms with E-state index in [1.807, 2.05) is 0 Å². The van der Waals surface area contributed by atoms with E-state index in [1.165, 1.54) is 0 Å². The van der Waals surface area contributed by atoms with E-state index in [0.717, 1.165) is 31.4 Å². The van der Waals surface area contributed by atoms with Crippen molar-refractivity contribution in [3.63, 3.8) is 0 Å². The SMILES string of the molecule is CC(C(=O)O)N(c1cccc(C(F)(F)F)c1)S(C)(=O)=O. The zero-order valence-electron chi connectivity index (χ0n) is 10.5. The number of carboxylic acids is 1. The molecule has 112 valence electrons. The lowest BCUT2D eigenvalue weighted by atomic mass is 10.2. The van der Waals surface area contributed by atoms with Crippen LogP contribution in [-0.2, 0) is 21.0 Å². The van der Waals surface area contributed by atoms with Crippen LogP contribution in [0, 0.1) is 0 Å². The predicted molar refractivity (Wildman–Crippen MR) is 65.9 cm³/mol. The molecule has 1 atom stereocenters. The molecule has 0 heterocycles. The molecule has 1 aromatic rings. The van der Waals surface area contributed by atoms with E-state index in [0.29, 0.717) is 10.4 Å². The highest BCUT2D eigenvalue weighted by atomic mass is 32.2. The average molecular weight is 311 g/mol. The van der Waals surface area contributed by atoms with Gasteiger partial charge in [0.1, 0.15) is 6.04 Å². The quantitative estimate of drug-likeness (QED) is 0.922. The van der Waals surface area contributed by atoms with Crippen molar-refractivity contribution in [1.29, 1.82) is 0 Å². The van der Waals surface area contributed by atoms with Crippen molar-refractivity contribution in [2.45, 2.75) is 19.1 Å². The molecule has 0 spiro atoms. The Bertz CT molecular complexity index is 612. The van der Waals surface area contributed by atoms with Gasteiger partial charge in [-0.1, -0.05) is 6.07 Å². The first-order valence-corrected chi connectivity index (χ1v) is 7.19. The maximum atomic E-state index is 12.6. The van der Waals surface area contributed by atoms with E-state index in [-0.39, 0.29) is 5.69 Å². The molecule has 20 heavy (non-hydrogen) atoms. The van der Waals surface area contributed by atoms with Crippen LogP contribution in [0.25, 0.3) is 0 Å². The molecule has 1 aromatic carbocycles. The van der Waals surface area contributed by atoms with Crippen molar-refractivity contribution in [2.75, 3.05) is 10.6 Å². The van der Waals surface area contributed by atoms with E-state index in [9.17, 15) is 26.4 Å². The van der Waals surface area contributed by atoms with Crippen molar-refractivity contribution in [2.24, 2.45) is 0 Å². The maximum absolute atomic E-state index is 12.6. The van der Waals surface area contributed by atoms with Crippen molar-refractivity contribution >= 4 is 21.7 Å². The number of hydrogen-bond acceptors (Lipinski definition) is 3. The first-order chi connectivity index (χ1) is 8.94. The molecule has 0 saturated carbocycles. The summed E-state index contributed by atoms with van der Waals surface area (Å²) in [5.41, 5.74) is -1.40. The van der Waals surface area contributed by atoms with Crippen molar-refractivity contribution in [1.82, 2.24) is 0 Å². The average Bonchev–Trinajstić information content (AvgIpc) is 2.26. The summed E-state index contributed by atoms with van der Waals surface area (Å²) in [5.74, 6) is -1.46. The van der Waals surface area contributed by atoms with E-state index >= 15 is 0 Å². The Morgan fingerprint density at radius 1 is 1.35 bits per heavy atom. The Morgan fingerprint density at radius 2 is 1.90 bits per heavy atom. The minimum atomic E-state index is -4.65. The predicted octanol–water partition coefficient (Wildman–Crippen LogP) is 1.94. The third kappa shape index (κ3) is 3.62. The number of benzene rings is 1. The second-order valence-electron chi connectivity index (χ2n) is 4.12. The van der Waals surface area contributed by atoms with Crippen LogP contribution in [0.15, 0.2) is 24.3 Å². The van der Waals surface area contributed by atoms with Gasteiger partial charge in [-0.3, -0.25) is 4.31 Å². The summed E-state index contributed by atoms with van der Waals surface area (Å²) in [7, 11) is -4.04. The Hall–Kier alpha value is -1.77. The summed E-state index contributed by atoms with van der Waals surface area (Å²) < 4.78 is 61.5. The molecule has 0 bridgehead atoms. The zero-order valence-corrected chi connectivity index (χ0v) is 11.4. The van der Waals surface area contributed by atoms with Crippen LogP contribution < -0.4 is 4.31 Å². The lowest BCUT2D eigenvalue weighted by Gasteiger charge is -2.26. The highest BCUT2D eigenvalue weighted by molar-refractivity contribution is 7.92. The molecular formula is C11H12F3NO4S. The molecule has 5 nitrogen and oxygen atoms in total. The summed E-state index contributed by atoms with van der Waals surface area (Å²) in [6, 6.07) is 1.98. The molecule has 0 amide bonds. The van der Waals surface area contributed by atoms with Crippen molar-refractivity contribution < 1.29 is 31.5 Å². The Kier molecular flexibility index (Phi) is 4.33. The number of carbonyl (C=O) groups is 1. The van der Waals surface area contributed by atoms with Gasteiger partial charge in [0.2, 0.25) is 10.0 Å². The summed E-state index contributed by atoms with van der Waals surface area (Å²) in [6.45, 7) is 1.07. The topological polar surface area (TPSA) is 74.7 Å². The first kappa shape index (κ1) is 16.3. The normalized spacial score (nSPS) is 13.8. The van der Waals surface area contributed by atoms with Crippen molar-refractivity contribution in [3.05, 3.63) is 29.8 Å². The summed E-state index contributed by atoms with van der Waals surface area (Å²) >= 11 is 0. The highest BCUT2D eigenvalue weighted by Crippen LogP contribution is 2.32. The van der Waals surface area contributed by atoms with Gasteiger partial charge in [0.15, 0.2) is 0 Å². The lowest BCUT2D eigenvalue weighted by Crippen LogP contribution is -2.42. The summed E-state index contributed by atoms with van der Waals surface area (Å²) in [5, 5.41) is 8.88. The standard InChI is InChI=1S/C11H12F3NO4S/c1-7(10(16)17)15(20(2,18)19)9-5-3-4-8(6-9)11(12,13)14/h3-7H,1-2H3,(H,16,17). The molecule has 0 aromatic heterocycles. The minimum Gasteiger partial charge on any atom is -0.480 e. The van der Waals surface area contributed by atoms with E-state index in [4.69, 9.17) is 5.11 Å². The number of hydrogen-bond donors (Lipinski definition) is 1. The second-order valence-corrected chi connectivity index (χ2v) is 5.98. The number of rotatable bonds is 4. The monoisotopic (exact) mass is 311 g/mol.